The number of hydrogen-bond donors (Lipinski definition) is 3. The standard InChI is InChI=1S/C7H7N3O2S/c8-7(10-9)5-1-3-6(4-2-5)13(11)12/h1-4,8-9H,(H,11,12). The summed E-state index contributed by atoms with van der Waals surface area (Å²) >= 11 is -2.00. The lowest BCUT2D eigenvalue weighted by molar-refractivity contribution is 0.564. The summed E-state index contributed by atoms with van der Waals surface area (Å²) in [4.78, 5) is 0.265. The fourth-order valence-corrected chi connectivity index (χ4v) is 1.16. The third-order valence-corrected chi connectivity index (χ3v) is 2.12. The van der Waals surface area contributed by atoms with Gasteiger partial charge < -0.3 is 4.55 Å². The van der Waals surface area contributed by atoms with Crippen LogP contribution < -0.4 is 0 Å². The Morgan fingerprint density at radius 1 is 1.38 bits per heavy atom. The van der Waals surface area contributed by atoms with Crippen LogP contribution in [0.25, 0.3) is 0 Å². The SMILES string of the molecule is N=NC(=N)c1ccc(S(=O)O)cc1. The zero-order valence-electron chi connectivity index (χ0n) is 6.52. The number of amidine groups is 1. The van der Waals surface area contributed by atoms with Gasteiger partial charge in [-0.15, -0.1) is 5.11 Å². The molecular formula is C7H7N3O2S. The molecule has 6 heteroatoms. The van der Waals surface area contributed by atoms with E-state index >= 15 is 0 Å². The maximum Gasteiger partial charge on any atom is 0.186 e. The lowest BCUT2D eigenvalue weighted by atomic mass is 10.2. The predicted octanol–water partition coefficient (Wildman–Crippen LogP) is 1.62. The molecule has 0 radical (unpaired) electrons. The average Bonchev–Trinajstić information content (AvgIpc) is 2.17. The second kappa shape index (κ2) is 4.01. The molecule has 0 heterocycles. The third kappa shape index (κ3) is 2.27. The van der Waals surface area contributed by atoms with Gasteiger partial charge in [0.05, 0.1) is 4.90 Å². The molecule has 5 nitrogen and oxygen atoms in total. The molecule has 0 bridgehead atoms. The summed E-state index contributed by atoms with van der Waals surface area (Å²) in [6.45, 7) is 0. The van der Waals surface area contributed by atoms with E-state index in [1.54, 1.807) is 0 Å². The summed E-state index contributed by atoms with van der Waals surface area (Å²) < 4.78 is 19.2. The fourth-order valence-electron chi connectivity index (χ4n) is 0.794. The molecule has 0 fully saturated rings. The first-order chi connectivity index (χ1) is 6.15. The lowest BCUT2D eigenvalue weighted by Crippen LogP contribution is -1.94. The molecule has 68 valence electrons. The Balaban J connectivity index is 3.00. The van der Waals surface area contributed by atoms with E-state index in [0.29, 0.717) is 5.56 Å². The zero-order chi connectivity index (χ0) is 9.84. The summed E-state index contributed by atoms with van der Waals surface area (Å²) in [5.74, 6) is -0.171. The van der Waals surface area contributed by atoms with Gasteiger partial charge in [-0.05, 0) is 24.3 Å². The van der Waals surface area contributed by atoms with Crippen LogP contribution in [0.2, 0.25) is 0 Å². The molecule has 1 atom stereocenters. The predicted molar refractivity (Wildman–Crippen MR) is 47.5 cm³/mol. The molecule has 0 aliphatic rings. The van der Waals surface area contributed by atoms with E-state index in [0.717, 1.165) is 0 Å². The number of benzene rings is 1. The molecule has 0 aromatic heterocycles. The van der Waals surface area contributed by atoms with Crippen molar-refractivity contribution in [1.82, 2.24) is 0 Å². The Bertz CT molecular complexity index is 361. The van der Waals surface area contributed by atoms with Gasteiger partial charge in [-0.2, -0.15) is 0 Å². The molecule has 0 aliphatic heterocycles. The van der Waals surface area contributed by atoms with Crippen molar-refractivity contribution in [2.75, 3.05) is 0 Å². The van der Waals surface area contributed by atoms with E-state index in [2.05, 4.69) is 5.11 Å². The van der Waals surface area contributed by atoms with Crippen LogP contribution in [-0.4, -0.2) is 14.6 Å². The second-order valence-electron chi connectivity index (χ2n) is 2.23. The van der Waals surface area contributed by atoms with Gasteiger partial charge in [0.25, 0.3) is 0 Å². The zero-order valence-corrected chi connectivity index (χ0v) is 7.34. The number of rotatable bonds is 2. The van der Waals surface area contributed by atoms with Gasteiger partial charge in [0.2, 0.25) is 0 Å². The van der Waals surface area contributed by atoms with Crippen LogP contribution in [0.5, 0.6) is 0 Å². The van der Waals surface area contributed by atoms with Crippen molar-refractivity contribution < 1.29 is 8.76 Å². The highest BCUT2D eigenvalue weighted by Gasteiger charge is 2.01. The maximum absolute atomic E-state index is 10.5. The largest absolute Gasteiger partial charge is 0.302 e. The third-order valence-electron chi connectivity index (χ3n) is 1.44. The van der Waals surface area contributed by atoms with Crippen molar-refractivity contribution in [3.63, 3.8) is 0 Å². The fraction of sp³-hybridized carbons (Fsp3) is 0. The quantitative estimate of drug-likeness (QED) is 0.290. The molecule has 1 aromatic carbocycles. The Kier molecular flexibility index (Phi) is 2.99. The van der Waals surface area contributed by atoms with Crippen LogP contribution in [-0.2, 0) is 11.1 Å². The summed E-state index contributed by atoms with van der Waals surface area (Å²) in [6, 6.07) is 5.80. The van der Waals surface area contributed by atoms with E-state index in [1.807, 2.05) is 0 Å². The monoisotopic (exact) mass is 197 g/mol. The van der Waals surface area contributed by atoms with Gasteiger partial charge in [-0.1, -0.05) is 0 Å². The van der Waals surface area contributed by atoms with Crippen molar-refractivity contribution in [3.05, 3.63) is 29.8 Å². The summed E-state index contributed by atoms with van der Waals surface area (Å²) in [7, 11) is 0. The Labute approximate surface area is 77.1 Å². The molecule has 1 aromatic rings. The average molecular weight is 197 g/mol. The van der Waals surface area contributed by atoms with Crippen LogP contribution in [0.15, 0.2) is 34.3 Å². The van der Waals surface area contributed by atoms with Gasteiger partial charge in [0, 0.05) is 5.56 Å². The van der Waals surface area contributed by atoms with Crippen LogP contribution in [0.3, 0.4) is 0 Å². The van der Waals surface area contributed by atoms with E-state index in [-0.39, 0.29) is 10.7 Å². The van der Waals surface area contributed by atoms with E-state index in [4.69, 9.17) is 15.5 Å². The smallest absolute Gasteiger partial charge is 0.186 e. The summed E-state index contributed by atoms with van der Waals surface area (Å²) in [6.07, 6.45) is 0. The Morgan fingerprint density at radius 3 is 2.31 bits per heavy atom. The molecule has 3 N–H and O–H groups in total. The van der Waals surface area contributed by atoms with E-state index < -0.39 is 11.1 Å². The van der Waals surface area contributed by atoms with E-state index in [1.165, 1.54) is 24.3 Å². The second-order valence-corrected chi connectivity index (χ2v) is 3.20. The minimum atomic E-state index is -2.00. The van der Waals surface area contributed by atoms with Gasteiger partial charge in [-0.25, -0.2) is 9.74 Å². The van der Waals surface area contributed by atoms with E-state index in [9.17, 15) is 4.21 Å². The maximum atomic E-state index is 10.5. The Hall–Kier alpha value is -1.40. The van der Waals surface area contributed by atoms with Crippen molar-refractivity contribution in [2.45, 2.75) is 4.90 Å². The first-order valence-electron chi connectivity index (χ1n) is 3.32. The van der Waals surface area contributed by atoms with Crippen molar-refractivity contribution >= 4 is 16.9 Å². The van der Waals surface area contributed by atoms with Crippen LogP contribution in [0, 0.1) is 10.9 Å². The van der Waals surface area contributed by atoms with Crippen molar-refractivity contribution in [3.8, 4) is 0 Å². The number of nitrogens with one attached hydrogen (secondary N) is 2. The minimum Gasteiger partial charge on any atom is -0.302 e. The molecule has 0 saturated carbocycles. The van der Waals surface area contributed by atoms with Gasteiger partial charge in [-0.3, -0.25) is 5.41 Å². The van der Waals surface area contributed by atoms with Gasteiger partial charge in [0.1, 0.15) is 0 Å². The van der Waals surface area contributed by atoms with Crippen LogP contribution >= 0.6 is 0 Å². The van der Waals surface area contributed by atoms with Crippen LogP contribution in [0.1, 0.15) is 5.56 Å². The summed E-state index contributed by atoms with van der Waals surface area (Å²) in [5.41, 5.74) is 7.02. The highest BCUT2D eigenvalue weighted by Crippen LogP contribution is 2.08. The molecule has 0 spiro atoms. The summed E-state index contributed by atoms with van der Waals surface area (Å²) in [5, 5.41) is 10.1. The minimum absolute atomic E-state index is 0.171. The number of nitrogens with zero attached hydrogens (tertiary/aromatic N) is 1. The first-order valence-corrected chi connectivity index (χ1v) is 4.43. The normalized spacial score (nSPS) is 12.1. The lowest BCUT2D eigenvalue weighted by Gasteiger charge is -1.97. The molecule has 1 unspecified atom stereocenters. The highest BCUT2D eigenvalue weighted by molar-refractivity contribution is 7.79. The molecule has 13 heavy (non-hydrogen) atoms. The van der Waals surface area contributed by atoms with Gasteiger partial charge in [0.15, 0.2) is 16.9 Å². The van der Waals surface area contributed by atoms with Crippen molar-refractivity contribution in [2.24, 2.45) is 5.11 Å². The molecule has 0 aliphatic carbocycles. The number of hydrogen-bond acceptors (Lipinski definition) is 3. The van der Waals surface area contributed by atoms with Crippen molar-refractivity contribution in [1.29, 1.82) is 10.9 Å². The molecule has 1 rings (SSSR count). The molecule has 0 amide bonds. The molecule has 0 saturated heterocycles. The van der Waals surface area contributed by atoms with Crippen LogP contribution in [0.4, 0.5) is 0 Å². The topological polar surface area (TPSA) is 97.4 Å². The highest BCUT2D eigenvalue weighted by atomic mass is 32.2. The first kappa shape index (κ1) is 9.69. The van der Waals surface area contributed by atoms with Gasteiger partial charge >= 0.3 is 0 Å². The Morgan fingerprint density at radius 2 is 1.92 bits per heavy atom. The molecular weight excluding hydrogens is 190 g/mol.